The molecule has 0 heterocycles. The van der Waals surface area contributed by atoms with E-state index in [4.69, 9.17) is 4.89 Å². The summed E-state index contributed by atoms with van der Waals surface area (Å²) in [6.07, 6.45) is -5.22. The molecule has 0 aromatic heterocycles. The lowest BCUT2D eigenvalue weighted by molar-refractivity contribution is -0.281. The number of alkyl halides is 3. The molecule has 1 aromatic carbocycles. The van der Waals surface area contributed by atoms with Crippen LogP contribution < -0.4 is 4.52 Å². The lowest BCUT2D eigenvalue weighted by Gasteiger charge is -2.13. The van der Waals surface area contributed by atoms with Crippen LogP contribution in [0.4, 0.5) is 13.2 Å². The van der Waals surface area contributed by atoms with Gasteiger partial charge in [-0.15, -0.1) is 13.2 Å². The fraction of sp³-hybridized carbons (Fsp3) is 0.143. The van der Waals surface area contributed by atoms with Crippen molar-refractivity contribution in [2.75, 3.05) is 0 Å². The molecule has 4 nitrogen and oxygen atoms in total. The summed E-state index contributed by atoms with van der Waals surface area (Å²) in [4.78, 5) is 8.69. The zero-order chi connectivity index (χ0) is 11.5. The van der Waals surface area contributed by atoms with E-state index >= 15 is 0 Å². The lowest BCUT2D eigenvalue weighted by Crippen LogP contribution is -2.13. The first-order chi connectivity index (χ1) is 6.79. The second-order valence-electron chi connectivity index (χ2n) is 2.41. The van der Waals surface area contributed by atoms with Crippen molar-refractivity contribution < 1.29 is 31.7 Å². The number of benzene rings is 1. The van der Waals surface area contributed by atoms with Gasteiger partial charge < -0.3 is 4.52 Å². The van der Waals surface area contributed by atoms with Crippen LogP contribution in [-0.2, 0) is 9.09 Å². The predicted molar refractivity (Wildman–Crippen MR) is 44.0 cm³/mol. The molecule has 0 bridgehead atoms. The SMILES string of the molecule is O=P(O)(Oc1ccccc1)OC(F)(F)F. The van der Waals surface area contributed by atoms with Crippen LogP contribution in [0.3, 0.4) is 0 Å². The molecule has 0 aliphatic rings. The van der Waals surface area contributed by atoms with Crippen molar-refractivity contribution in [1.29, 1.82) is 0 Å². The van der Waals surface area contributed by atoms with E-state index in [0.29, 0.717) is 0 Å². The average Bonchev–Trinajstić information content (AvgIpc) is 1.99. The molecule has 0 aliphatic heterocycles. The number of rotatable bonds is 3. The fourth-order valence-corrected chi connectivity index (χ4v) is 1.45. The third-order valence-electron chi connectivity index (χ3n) is 1.18. The molecule has 1 rings (SSSR count). The molecule has 1 aromatic rings. The Hall–Kier alpha value is -1.04. The number of hydrogen-bond donors (Lipinski definition) is 1. The summed E-state index contributed by atoms with van der Waals surface area (Å²) in [6, 6.07) is 6.89. The zero-order valence-corrected chi connectivity index (χ0v) is 8.03. The second-order valence-corrected chi connectivity index (χ2v) is 3.71. The van der Waals surface area contributed by atoms with Crippen molar-refractivity contribution in [3.05, 3.63) is 30.3 Å². The third kappa shape index (κ3) is 4.83. The van der Waals surface area contributed by atoms with E-state index < -0.39 is 14.2 Å². The highest BCUT2D eigenvalue weighted by molar-refractivity contribution is 7.47. The van der Waals surface area contributed by atoms with Gasteiger partial charge >= 0.3 is 14.2 Å². The van der Waals surface area contributed by atoms with E-state index in [-0.39, 0.29) is 5.75 Å². The molecule has 0 radical (unpaired) electrons. The van der Waals surface area contributed by atoms with Crippen LogP contribution in [0.15, 0.2) is 30.3 Å². The molecule has 15 heavy (non-hydrogen) atoms. The molecular weight excluding hydrogens is 236 g/mol. The van der Waals surface area contributed by atoms with Crippen LogP contribution >= 0.6 is 7.82 Å². The summed E-state index contributed by atoms with van der Waals surface area (Å²) < 4.78 is 52.7. The van der Waals surface area contributed by atoms with Gasteiger partial charge in [0.15, 0.2) is 0 Å². The summed E-state index contributed by atoms with van der Waals surface area (Å²) in [5.41, 5.74) is 0. The quantitative estimate of drug-likeness (QED) is 0.828. The van der Waals surface area contributed by atoms with Crippen molar-refractivity contribution in [3.63, 3.8) is 0 Å². The van der Waals surface area contributed by atoms with Crippen molar-refractivity contribution >= 4 is 7.82 Å². The van der Waals surface area contributed by atoms with Crippen molar-refractivity contribution in [2.45, 2.75) is 6.36 Å². The molecular formula is C7H6F3O4P. The Kier molecular flexibility index (Phi) is 3.38. The summed E-state index contributed by atoms with van der Waals surface area (Å²) in [6.45, 7) is 0. The zero-order valence-electron chi connectivity index (χ0n) is 7.14. The molecule has 8 heteroatoms. The first kappa shape index (κ1) is 12.0. The number of halogens is 3. The number of phosphoric acid groups is 1. The summed E-state index contributed by atoms with van der Waals surface area (Å²) in [5, 5.41) is 0. The van der Waals surface area contributed by atoms with Crippen LogP contribution in [0, 0.1) is 0 Å². The van der Waals surface area contributed by atoms with Gasteiger partial charge in [-0.05, 0) is 12.1 Å². The first-order valence-corrected chi connectivity index (χ1v) is 5.13. The largest absolute Gasteiger partial charge is 0.534 e. The molecule has 0 fully saturated rings. The van der Waals surface area contributed by atoms with Gasteiger partial charge in [0.25, 0.3) is 0 Å². The molecule has 0 amide bonds. The maximum Gasteiger partial charge on any atom is 0.534 e. The summed E-state index contributed by atoms with van der Waals surface area (Å²) in [5.74, 6) is -0.187. The van der Waals surface area contributed by atoms with Gasteiger partial charge in [0.2, 0.25) is 0 Å². The van der Waals surface area contributed by atoms with Crippen LogP contribution in [0.5, 0.6) is 5.75 Å². The maximum atomic E-state index is 11.6. The number of para-hydroxylation sites is 1. The number of phosphoric ester groups is 1. The monoisotopic (exact) mass is 242 g/mol. The lowest BCUT2D eigenvalue weighted by atomic mass is 10.3. The highest BCUT2D eigenvalue weighted by Gasteiger charge is 2.41. The Labute approximate surface area is 82.9 Å². The van der Waals surface area contributed by atoms with Gasteiger partial charge in [0, 0.05) is 0 Å². The second kappa shape index (κ2) is 4.22. The molecule has 1 atom stereocenters. The summed E-state index contributed by atoms with van der Waals surface area (Å²) in [7, 11) is -5.16. The van der Waals surface area contributed by atoms with Crippen LogP contribution in [0.1, 0.15) is 0 Å². The minimum atomic E-state index is -5.22. The van der Waals surface area contributed by atoms with E-state index in [1.807, 2.05) is 0 Å². The van der Waals surface area contributed by atoms with Gasteiger partial charge in [-0.2, -0.15) is 4.52 Å². The molecule has 0 saturated heterocycles. The molecule has 0 saturated carbocycles. The summed E-state index contributed by atoms with van der Waals surface area (Å²) >= 11 is 0. The van der Waals surface area contributed by atoms with Crippen molar-refractivity contribution in [3.8, 4) is 5.75 Å². The smallest absolute Gasteiger partial charge is 0.404 e. The Balaban J connectivity index is 2.69. The van der Waals surface area contributed by atoms with E-state index in [9.17, 15) is 17.7 Å². The minimum Gasteiger partial charge on any atom is -0.404 e. The third-order valence-corrected chi connectivity index (χ3v) is 2.06. The molecule has 1 N–H and O–H groups in total. The Morgan fingerprint density at radius 1 is 1.20 bits per heavy atom. The normalized spacial score (nSPS) is 15.7. The van der Waals surface area contributed by atoms with Crippen LogP contribution in [0.2, 0.25) is 0 Å². The van der Waals surface area contributed by atoms with Gasteiger partial charge in [-0.25, -0.2) is 4.57 Å². The van der Waals surface area contributed by atoms with Crippen LogP contribution in [-0.4, -0.2) is 11.3 Å². The minimum absolute atomic E-state index is 0.187. The Bertz CT molecular complexity index is 364. The van der Waals surface area contributed by atoms with Gasteiger partial charge in [-0.1, -0.05) is 18.2 Å². The first-order valence-electron chi connectivity index (χ1n) is 3.63. The van der Waals surface area contributed by atoms with Gasteiger partial charge in [0.05, 0.1) is 0 Å². The van der Waals surface area contributed by atoms with E-state index in [1.165, 1.54) is 24.3 Å². The Morgan fingerprint density at radius 2 is 1.73 bits per heavy atom. The van der Waals surface area contributed by atoms with E-state index in [0.717, 1.165) is 0 Å². The van der Waals surface area contributed by atoms with Crippen molar-refractivity contribution in [2.24, 2.45) is 0 Å². The molecule has 0 spiro atoms. The average molecular weight is 242 g/mol. The van der Waals surface area contributed by atoms with E-state index in [2.05, 4.69) is 9.05 Å². The Morgan fingerprint density at radius 3 is 2.20 bits per heavy atom. The highest BCUT2D eigenvalue weighted by Crippen LogP contribution is 2.48. The van der Waals surface area contributed by atoms with E-state index in [1.54, 1.807) is 6.07 Å². The highest BCUT2D eigenvalue weighted by atomic mass is 31.2. The molecule has 1 unspecified atom stereocenters. The number of hydrogen-bond acceptors (Lipinski definition) is 3. The standard InChI is InChI=1S/C7H6F3O4P/c8-7(9,10)14-15(11,12)13-6-4-2-1-3-5-6/h1-5H,(H,11,12). The van der Waals surface area contributed by atoms with Gasteiger partial charge in [-0.3, -0.25) is 4.89 Å². The van der Waals surface area contributed by atoms with Gasteiger partial charge in [0.1, 0.15) is 5.75 Å². The molecule has 84 valence electrons. The maximum absolute atomic E-state index is 11.6. The predicted octanol–water partition coefficient (Wildman–Crippen LogP) is 2.70. The van der Waals surface area contributed by atoms with Crippen molar-refractivity contribution in [1.82, 2.24) is 0 Å². The topological polar surface area (TPSA) is 55.8 Å². The van der Waals surface area contributed by atoms with Crippen LogP contribution in [0.25, 0.3) is 0 Å². The fourth-order valence-electron chi connectivity index (χ4n) is 0.764. The molecule has 0 aliphatic carbocycles.